The fraction of sp³-hybridized carbons (Fsp3) is 0.550. The zero-order valence-electron chi connectivity index (χ0n) is 15.4. The molecule has 1 amide bonds. The largest absolute Gasteiger partial charge is 0.348 e. The number of hydrogen-bond donors (Lipinski definition) is 1. The molecule has 0 unspecified atom stereocenters. The minimum absolute atomic E-state index is 0.293. The van der Waals surface area contributed by atoms with Gasteiger partial charge in [0, 0.05) is 56.7 Å². The highest BCUT2D eigenvalue weighted by atomic mass is 16.2. The second-order valence-corrected chi connectivity index (χ2v) is 7.67. The number of carbonyl (C=O) groups is 1. The number of aryl methyl sites for hydroxylation is 2. The van der Waals surface area contributed by atoms with E-state index in [1.807, 2.05) is 18.3 Å². The number of aromatic nitrogens is 3. The van der Waals surface area contributed by atoms with Gasteiger partial charge in [-0.2, -0.15) is 0 Å². The van der Waals surface area contributed by atoms with Crippen LogP contribution in [0.15, 0.2) is 30.9 Å². The lowest BCUT2D eigenvalue weighted by Crippen LogP contribution is -2.47. The van der Waals surface area contributed by atoms with Crippen LogP contribution in [0.4, 0.5) is 0 Å². The first-order valence-electron chi connectivity index (χ1n) is 9.58. The van der Waals surface area contributed by atoms with Gasteiger partial charge in [0.15, 0.2) is 0 Å². The third kappa shape index (κ3) is 3.80. The Labute approximate surface area is 154 Å². The van der Waals surface area contributed by atoms with E-state index in [0.717, 1.165) is 56.0 Å². The maximum absolute atomic E-state index is 12.9. The number of amides is 1. The number of pyridine rings is 1. The molecule has 0 spiro atoms. The number of aromatic amines is 1. The Balaban J connectivity index is 1.38. The molecule has 3 aliphatic heterocycles. The van der Waals surface area contributed by atoms with E-state index in [1.54, 1.807) is 12.5 Å². The minimum atomic E-state index is 0.293. The fourth-order valence-corrected chi connectivity index (χ4v) is 4.31. The van der Waals surface area contributed by atoms with Crippen molar-refractivity contribution in [3.05, 3.63) is 47.8 Å². The van der Waals surface area contributed by atoms with Crippen molar-refractivity contribution in [2.45, 2.75) is 45.2 Å². The normalized spacial score (nSPS) is 23.2. The van der Waals surface area contributed by atoms with E-state index in [9.17, 15) is 4.79 Å². The molecule has 2 bridgehead atoms. The van der Waals surface area contributed by atoms with Crippen LogP contribution in [0.5, 0.6) is 0 Å². The summed E-state index contributed by atoms with van der Waals surface area (Å²) in [4.78, 5) is 29.3. The van der Waals surface area contributed by atoms with Crippen LogP contribution in [0.2, 0.25) is 0 Å². The summed E-state index contributed by atoms with van der Waals surface area (Å²) < 4.78 is 0. The summed E-state index contributed by atoms with van der Waals surface area (Å²) in [6.07, 6.45) is 9.10. The molecule has 2 atom stereocenters. The summed E-state index contributed by atoms with van der Waals surface area (Å²) in [7, 11) is 0. The summed E-state index contributed by atoms with van der Waals surface area (Å²) in [5.74, 6) is 0.872. The van der Waals surface area contributed by atoms with Gasteiger partial charge in [0.25, 0.3) is 0 Å². The lowest BCUT2D eigenvalue weighted by atomic mass is 9.94. The molecule has 2 aromatic rings. The molecule has 1 N–H and O–H groups in total. The van der Waals surface area contributed by atoms with E-state index < -0.39 is 0 Å². The predicted molar refractivity (Wildman–Crippen MR) is 99.4 cm³/mol. The highest BCUT2D eigenvalue weighted by molar-refractivity contribution is 5.77. The standard InChI is InChI=1S/C20H27N5O/c1-15-19(23-14-22-15)13-24-10-17-4-6-18(12-24)25(11-17)20(26)7-5-16-3-2-8-21-9-16/h2-3,8-9,14,17-18H,4-7,10-13H2,1H3,(H,22,23)/t17-,18+/m1/s1. The van der Waals surface area contributed by atoms with Crippen molar-refractivity contribution in [2.75, 3.05) is 19.6 Å². The van der Waals surface area contributed by atoms with Gasteiger partial charge in [-0.15, -0.1) is 0 Å². The van der Waals surface area contributed by atoms with Gasteiger partial charge in [-0.3, -0.25) is 14.7 Å². The quantitative estimate of drug-likeness (QED) is 0.895. The smallest absolute Gasteiger partial charge is 0.223 e. The molecule has 138 valence electrons. The first-order chi connectivity index (χ1) is 12.7. The van der Waals surface area contributed by atoms with Gasteiger partial charge < -0.3 is 9.88 Å². The monoisotopic (exact) mass is 353 g/mol. The molecule has 0 aromatic carbocycles. The fourth-order valence-electron chi connectivity index (χ4n) is 4.31. The molecule has 0 saturated carbocycles. The molecule has 26 heavy (non-hydrogen) atoms. The van der Waals surface area contributed by atoms with Crippen LogP contribution in [0.3, 0.4) is 0 Å². The molecule has 2 aromatic heterocycles. The number of H-pyrrole nitrogens is 1. The van der Waals surface area contributed by atoms with Crippen molar-refractivity contribution in [3.63, 3.8) is 0 Å². The Kier molecular flexibility index (Phi) is 5.02. The van der Waals surface area contributed by atoms with Crippen LogP contribution in [-0.2, 0) is 17.8 Å². The van der Waals surface area contributed by atoms with Crippen LogP contribution in [0.1, 0.15) is 36.2 Å². The Bertz CT molecular complexity index is 744. The molecule has 3 saturated heterocycles. The van der Waals surface area contributed by atoms with Crippen LogP contribution in [-0.4, -0.2) is 56.3 Å². The van der Waals surface area contributed by atoms with E-state index in [0.29, 0.717) is 24.3 Å². The van der Waals surface area contributed by atoms with Crippen molar-refractivity contribution in [1.82, 2.24) is 24.8 Å². The van der Waals surface area contributed by atoms with Crippen molar-refractivity contribution in [2.24, 2.45) is 5.92 Å². The highest BCUT2D eigenvalue weighted by Crippen LogP contribution is 2.29. The zero-order chi connectivity index (χ0) is 17.9. The molecule has 5 rings (SSSR count). The second-order valence-electron chi connectivity index (χ2n) is 7.67. The van der Waals surface area contributed by atoms with E-state index in [2.05, 4.69) is 31.7 Å². The summed E-state index contributed by atoms with van der Waals surface area (Å²) in [5, 5.41) is 0. The average molecular weight is 353 g/mol. The molecule has 6 nitrogen and oxygen atoms in total. The molecule has 3 fully saturated rings. The lowest BCUT2D eigenvalue weighted by molar-refractivity contribution is -0.135. The number of rotatable bonds is 5. The molecule has 5 heterocycles. The first kappa shape index (κ1) is 17.2. The van der Waals surface area contributed by atoms with Gasteiger partial charge in [-0.25, -0.2) is 4.98 Å². The van der Waals surface area contributed by atoms with Crippen LogP contribution < -0.4 is 0 Å². The third-order valence-electron chi connectivity index (χ3n) is 5.77. The Hall–Kier alpha value is -2.21. The topological polar surface area (TPSA) is 65.1 Å². The lowest BCUT2D eigenvalue weighted by Gasteiger charge is -2.36. The molecule has 0 aliphatic carbocycles. The van der Waals surface area contributed by atoms with Gasteiger partial charge >= 0.3 is 0 Å². The molecular formula is C20H27N5O. The Morgan fingerprint density at radius 2 is 2.23 bits per heavy atom. The summed E-state index contributed by atoms with van der Waals surface area (Å²) in [6, 6.07) is 4.32. The highest BCUT2D eigenvalue weighted by Gasteiger charge is 2.37. The van der Waals surface area contributed by atoms with Crippen LogP contribution in [0, 0.1) is 12.8 Å². The maximum Gasteiger partial charge on any atom is 0.223 e. The zero-order valence-corrected chi connectivity index (χ0v) is 15.4. The van der Waals surface area contributed by atoms with Gasteiger partial charge in [-0.1, -0.05) is 6.07 Å². The van der Waals surface area contributed by atoms with E-state index >= 15 is 0 Å². The number of imidazole rings is 1. The number of fused-ring (bicyclic) bond motifs is 4. The Morgan fingerprint density at radius 3 is 3.00 bits per heavy atom. The van der Waals surface area contributed by atoms with Gasteiger partial charge in [0.1, 0.15) is 0 Å². The summed E-state index contributed by atoms with van der Waals surface area (Å²) >= 11 is 0. The number of nitrogens with one attached hydrogen (secondary N) is 1. The number of hydrogen-bond acceptors (Lipinski definition) is 4. The van der Waals surface area contributed by atoms with Crippen LogP contribution in [0.25, 0.3) is 0 Å². The van der Waals surface area contributed by atoms with Gasteiger partial charge in [0.05, 0.1) is 12.0 Å². The van der Waals surface area contributed by atoms with Crippen molar-refractivity contribution in [3.8, 4) is 0 Å². The summed E-state index contributed by atoms with van der Waals surface area (Å²) in [5.41, 5.74) is 3.41. The van der Waals surface area contributed by atoms with E-state index in [4.69, 9.17) is 0 Å². The van der Waals surface area contributed by atoms with Crippen LogP contribution >= 0.6 is 0 Å². The molecule has 6 heteroatoms. The number of carbonyl (C=O) groups excluding carboxylic acids is 1. The average Bonchev–Trinajstić information content (AvgIpc) is 2.87. The van der Waals surface area contributed by atoms with Gasteiger partial charge in [0.2, 0.25) is 5.91 Å². The number of nitrogens with zero attached hydrogens (tertiary/aromatic N) is 4. The SMILES string of the molecule is Cc1[nH]cnc1CN1C[C@H]2CC[C@@H](C1)N(C(=O)CCc1cccnc1)C2. The Morgan fingerprint density at radius 1 is 1.31 bits per heavy atom. The molecular weight excluding hydrogens is 326 g/mol. The second kappa shape index (κ2) is 7.58. The van der Waals surface area contributed by atoms with Crippen molar-refractivity contribution >= 4 is 5.91 Å². The molecule has 3 aliphatic rings. The number of piperidine rings is 1. The molecule has 0 radical (unpaired) electrons. The van der Waals surface area contributed by atoms with Crippen molar-refractivity contribution in [1.29, 1.82) is 0 Å². The van der Waals surface area contributed by atoms with Crippen molar-refractivity contribution < 1.29 is 4.79 Å². The van der Waals surface area contributed by atoms with E-state index in [-0.39, 0.29) is 0 Å². The van der Waals surface area contributed by atoms with Gasteiger partial charge in [-0.05, 0) is 43.7 Å². The third-order valence-corrected chi connectivity index (χ3v) is 5.77. The van der Waals surface area contributed by atoms with E-state index in [1.165, 1.54) is 6.42 Å². The maximum atomic E-state index is 12.9. The first-order valence-corrected chi connectivity index (χ1v) is 9.58. The predicted octanol–water partition coefficient (Wildman–Crippen LogP) is 2.17. The summed E-state index contributed by atoms with van der Waals surface area (Å²) in [6.45, 7) is 5.88. The minimum Gasteiger partial charge on any atom is -0.348 e.